The van der Waals surface area contributed by atoms with E-state index in [0.29, 0.717) is 12.3 Å². The molecule has 5 nitrogen and oxygen atoms in total. The molecule has 2 heterocycles. The van der Waals surface area contributed by atoms with Gasteiger partial charge < -0.3 is 19.5 Å². The molecule has 0 bridgehead atoms. The van der Waals surface area contributed by atoms with Crippen LogP contribution in [0.1, 0.15) is 23.5 Å². The van der Waals surface area contributed by atoms with Gasteiger partial charge in [0.1, 0.15) is 5.75 Å². The van der Waals surface area contributed by atoms with E-state index < -0.39 is 0 Å². The van der Waals surface area contributed by atoms with Crippen molar-refractivity contribution in [1.29, 1.82) is 0 Å². The first-order valence-corrected chi connectivity index (χ1v) is 8.14. The molecule has 124 valence electrons. The quantitative estimate of drug-likeness (QED) is 0.942. The Labute approximate surface area is 140 Å². The van der Waals surface area contributed by atoms with Gasteiger partial charge in [-0.2, -0.15) is 0 Å². The summed E-state index contributed by atoms with van der Waals surface area (Å²) in [5.41, 5.74) is 2.03. The molecule has 2 aliphatic heterocycles. The van der Waals surface area contributed by atoms with Crippen molar-refractivity contribution >= 4 is 5.91 Å². The van der Waals surface area contributed by atoms with E-state index in [1.165, 1.54) is 5.56 Å². The van der Waals surface area contributed by atoms with Crippen molar-refractivity contribution in [2.45, 2.75) is 18.8 Å². The number of aromatic hydroxyl groups is 1. The molecule has 0 radical (unpaired) electrons. The molecule has 1 fully saturated rings. The molecule has 5 heteroatoms. The van der Waals surface area contributed by atoms with Crippen molar-refractivity contribution < 1.29 is 19.4 Å². The van der Waals surface area contributed by atoms with Crippen molar-refractivity contribution in [2.24, 2.45) is 0 Å². The highest BCUT2D eigenvalue weighted by atomic mass is 16.7. The lowest BCUT2D eigenvalue weighted by Crippen LogP contribution is -2.29. The van der Waals surface area contributed by atoms with Crippen molar-refractivity contribution in [3.8, 4) is 17.2 Å². The second-order valence-corrected chi connectivity index (χ2v) is 6.28. The maximum atomic E-state index is 12.5. The number of amides is 1. The van der Waals surface area contributed by atoms with Gasteiger partial charge in [0.15, 0.2) is 11.5 Å². The zero-order valence-corrected chi connectivity index (χ0v) is 13.3. The predicted octanol–water partition coefficient (Wildman–Crippen LogP) is 2.68. The highest BCUT2D eigenvalue weighted by Crippen LogP contribution is 2.37. The van der Waals surface area contributed by atoms with E-state index in [1.54, 1.807) is 18.2 Å². The lowest BCUT2D eigenvalue weighted by Gasteiger charge is -2.17. The van der Waals surface area contributed by atoms with Crippen LogP contribution < -0.4 is 9.47 Å². The summed E-state index contributed by atoms with van der Waals surface area (Å²) in [6.07, 6.45) is 1.27. The molecule has 4 rings (SSSR count). The molecule has 2 aromatic rings. The number of hydrogen-bond donors (Lipinski definition) is 1. The number of fused-ring (bicyclic) bond motifs is 1. The minimum absolute atomic E-state index is 0.101. The van der Waals surface area contributed by atoms with Crippen LogP contribution in [0.2, 0.25) is 0 Å². The third kappa shape index (κ3) is 2.89. The van der Waals surface area contributed by atoms with Crippen molar-refractivity contribution in [3.05, 3.63) is 53.6 Å². The van der Waals surface area contributed by atoms with E-state index in [2.05, 4.69) is 6.07 Å². The average Bonchev–Trinajstić information content (AvgIpc) is 3.23. The van der Waals surface area contributed by atoms with Gasteiger partial charge in [0, 0.05) is 19.0 Å². The van der Waals surface area contributed by atoms with Crippen LogP contribution in [0.25, 0.3) is 0 Å². The molecule has 2 aromatic carbocycles. The maximum Gasteiger partial charge on any atom is 0.231 e. The molecule has 1 atom stereocenters. The number of carbonyl (C=O) groups excluding carboxylic acids is 1. The summed E-state index contributed by atoms with van der Waals surface area (Å²) in [5.74, 6) is 2.20. The van der Waals surface area contributed by atoms with Crippen LogP contribution in [0.4, 0.5) is 0 Å². The van der Waals surface area contributed by atoms with Gasteiger partial charge >= 0.3 is 0 Å². The monoisotopic (exact) mass is 325 g/mol. The minimum Gasteiger partial charge on any atom is -0.508 e. The summed E-state index contributed by atoms with van der Waals surface area (Å²) in [6, 6.07) is 12.9. The van der Waals surface area contributed by atoms with Gasteiger partial charge in [-0.3, -0.25) is 4.79 Å². The van der Waals surface area contributed by atoms with E-state index >= 15 is 0 Å². The molecular formula is C19H19NO4. The summed E-state index contributed by atoms with van der Waals surface area (Å²) in [4.78, 5) is 14.4. The summed E-state index contributed by atoms with van der Waals surface area (Å²) < 4.78 is 10.8. The number of nitrogens with zero attached hydrogens (tertiary/aromatic N) is 1. The highest BCUT2D eigenvalue weighted by Gasteiger charge is 2.28. The van der Waals surface area contributed by atoms with Crippen LogP contribution in [-0.2, 0) is 11.2 Å². The molecular weight excluding hydrogens is 306 g/mol. The summed E-state index contributed by atoms with van der Waals surface area (Å²) in [6.45, 7) is 1.76. The first-order chi connectivity index (χ1) is 11.7. The normalized spacial score (nSPS) is 18.8. The number of phenolic OH excluding ortho intramolecular Hbond substituents is 1. The third-order valence-corrected chi connectivity index (χ3v) is 4.67. The Morgan fingerprint density at radius 3 is 2.92 bits per heavy atom. The summed E-state index contributed by atoms with van der Waals surface area (Å²) in [7, 11) is 0. The molecule has 1 amide bonds. The van der Waals surface area contributed by atoms with Crippen LogP contribution in [0.5, 0.6) is 17.2 Å². The van der Waals surface area contributed by atoms with Gasteiger partial charge in [-0.15, -0.1) is 0 Å². The molecule has 1 unspecified atom stereocenters. The summed E-state index contributed by atoms with van der Waals surface area (Å²) >= 11 is 0. The summed E-state index contributed by atoms with van der Waals surface area (Å²) in [5, 5.41) is 9.51. The smallest absolute Gasteiger partial charge is 0.231 e. The highest BCUT2D eigenvalue weighted by molar-refractivity contribution is 5.79. The molecule has 0 saturated carbocycles. The topological polar surface area (TPSA) is 59.0 Å². The molecule has 1 saturated heterocycles. The number of benzene rings is 2. The second kappa shape index (κ2) is 6.07. The predicted molar refractivity (Wildman–Crippen MR) is 88.3 cm³/mol. The van der Waals surface area contributed by atoms with Crippen molar-refractivity contribution in [1.82, 2.24) is 4.90 Å². The zero-order valence-electron chi connectivity index (χ0n) is 13.3. The van der Waals surface area contributed by atoms with Crippen LogP contribution in [0.3, 0.4) is 0 Å². The molecule has 1 N–H and O–H groups in total. The number of rotatable bonds is 3. The van der Waals surface area contributed by atoms with E-state index in [9.17, 15) is 9.90 Å². The van der Waals surface area contributed by atoms with Crippen LogP contribution in [-0.4, -0.2) is 35.8 Å². The molecule has 2 aliphatic rings. The number of likely N-dealkylation sites (tertiary alicyclic amines) is 1. The Balaban J connectivity index is 1.41. The van der Waals surface area contributed by atoms with Crippen molar-refractivity contribution in [2.75, 3.05) is 19.9 Å². The Morgan fingerprint density at radius 1 is 1.17 bits per heavy atom. The van der Waals surface area contributed by atoms with E-state index in [0.717, 1.165) is 36.6 Å². The fourth-order valence-electron chi connectivity index (χ4n) is 3.38. The lowest BCUT2D eigenvalue weighted by molar-refractivity contribution is -0.129. The third-order valence-electron chi connectivity index (χ3n) is 4.67. The van der Waals surface area contributed by atoms with Crippen molar-refractivity contribution in [3.63, 3.8) is 0 Å². The lowest BCUT2D eigenvalue weighted by atomic mass is 9.98. The number of ether oxygens (including phenoxy) is 2. The van der Waals surface area contributed by atoms with Gasteiger partial charge in [0.05, 0.1) is 6.42 Å². The van der Waals surface area contributed by atoms with Gasteiger partial charge in [0.25, 0.3) is 0 Å². The maximum absolute atomic E-state index is 12.5. The Kier molecular flexibility index (Phi) is 3.76. The van der Waals surface area contributed by atoms with E-state index in [-0.39, 0.29) is 18.4 Å². The SMILES string of the molecule is O=C(Cc1cccc(O)c1)N1CCC(c2ccc3c(c2)OCO3)C1. The van der Waals surface area contributed by atoms with Crippen LogP contribution in [0.15, 0.2) is 42.5 Å². The Bertz CT molecular complexity index is 774. The first-order valence-electron chi connectivity index (χ1n) is 8.14. The fraction of sp³-hybridized carbons (Fsp3) is 0.316. The Hall–Kier alpha value is -2.69. The van der Waals surface area contributed by atoms with Gasteiger partial charge in [-0.1, -0.05) is 18.2 Å². The first kappa shape index (κ1) is 14.9. The number of carbonyl (C=O) groups is 1. The minimum atomic E-state index is 0.101. The van der Waals surface area contributed by atoms with E-state index in [1.807, 2.05) is 23.1 Å². The van der Waals surface area contributed by atoms with Gasteiger partial charge in [0.2, 0.25) is 12.7 Å². The number of phenols is 1. The van der Waals surface area contributed by atoms with Gasteiger partial charge in [-0.25, -0.2) is 0 Å². The van der Waals surface area contributed by atoms with Crippen LogP contribution >= 0.6 is 0 Å². The van der Waals surface area contributed by atoms with Crippen LogP contribution in [0, 0.1) is 0 Å². The standard InChI is InChI=1S/C19H19NO4/c21-16-3-1-2-13(8-16)9-19(22)20-7-6-15(11-20)14-4-5-17-18(10-14)24-12-23-17/h1-5,8,10,15,21H,6-7,9,11-12H2. The molecule has 0 aliphatic carbocycles. The zero-order chi connectivity index (χ0) is 16.5. The fourth-order valence-corrected chi connectivity index (χ4v) is 3.38. The molecule has 24 heavy (non-hydrogen) atoms. The van der Waals surface area contributed by atoms with Gasteiger partial charge in [-0.05, 0) is 41.8 Å². The largest absolute Gasteiger partial charge is 0.508 e. The Morgan fingerprint density at radius 2 is 2.04 bits per heavy atom. The van der Waals surface area contributed by atoms with E-state index in [4.69, 9.17) is 9.47 Å². The average molecular weight is 325 g/mol. The molecule has 0 spiro atoms. The number of hydrogen-bond acceptors (Lipinski definition) is 4. The molecule has 0 aromatic heterocycles. The second-order valence-electron chi connectivity index (χ2n) is 6.28.